The second kappa shape index (κ2) is 101. The second-order valence-corrected chi connectivity index (χ2v) is 0. The Kier molecular flexibility index (Phi) is 1280. The fourth-order valence-electron chi connectivity index (χ4n) is 0. The first-order valence-electron chi connectivity index (χ1n) is 0. The van der Waals surface area contributed by atoms with Crippen molar-refractivity contribution in [2.75, 3.05) is 0 Å². The first-order chi connectivity index (χ1) is 0. The van der Waals surface area contributed by atoms with E-state index in [9.17, 15) is 0 Å². The molecule has 0 aliphatic heterocycles. The van der Waals surface area contributed by atoms with Crippen LogP contribution in [0.4, 0.5) is 0 Å². The van der Waals surface area contributed by atoms with Crippen LogP contribution in [-0.2, 0) is 65.2 Å². The van der Waals surface area contributed by atoms with Crippen LogP contribution in [-0.4, -0.2) is 78.6 Å². The molecule has 0 saturated carbocycles. The molecule has 0 aromatic heterocycles. The van der Waals surface area contributed by atoms with E-state index in [1.165, 1.54) is 0 Å². The molecule has 0 atom stereocenters. The molecule has 0 aliphatic rings. The molecular weight excluding hydrogens is 827 g/mol. The van der Waals surface area contributed by atoms with Crippen LogP contribution in [0.3, 0.4) is 0 Å². The fourth-order valence-corrected chi connectivity index (χ4v) is 0. The quantitative estimate of drug-likeness (QED) is 0.242. The standard InChI is InChI=1S/3Bi.4N.3Ti.9H/q;;;4*-3;3*+4;;;;;;;;;. The number of hydrogen-bond acceptors (Lipinski definition) is 0. The van der Waals surface area contributed by atoms with Crippen molar-refractivity contribution in [1.29, 1.82) is 0 Å². The van der Waals surface area contributed by atoms with Gasteiger partial charge >= 0.3 is 144 Å². The molecule has 0 aromatic rings. The molecule has 0 amide bonds. The Balaban J connectivity index is 0. The van der Waals surface area contributed by atoms with E-state index in [1.54, 1.807) is 0 Å². The topological polar surface area (TPSA) is 122 Å². The Morgan fingerprint density at radius 1 is 0.300 bits per heavy atom. The summed E-state index contributed by atoms with van der Waals surface area (Å²) in [5, 5.41) is 0. The van der Waals surface area contributed by atoms with Gasteiger partial charge in [0.1, 0.15) is 0 Å². The molecule has 10 heteroatoms. The van der Waals surface area contributed by atoms with E-state index in [4.69, 9.17) is 0 Å². The van der Waals surface area contributed by atoms with E-state index in [0.717, 1.165) is 0 Å². The van der Waals surface area contributed by atoms with Crippen LogP contribution in [0.1, 0.15) is 0 Å². The van der Waals surface area contributed by atoms with E-state index < -0.39 is 0 Å². The molecule has 0 bridgehead atoms. The summed E-state index contributed by atoms with van der Waals surface area (Å²) in [6, 6.07) is 0. The molecule has 0 unspecified atom stereocenters. The van der Waals surface area contributed by atoms with Gasteiger partial charge in [0.15, 0.2) is 0 Å². The Morgan fingerprint density at radius 3 is 0.300 bits per heavy atom. The van der Waals surface area contributed by atoms with Gasteiger partial charge in [0.05, 0.1) is 0 Å². The average molecular weight is 836 g/mol. The SMILES string of the molecule is [BiH3].[BiH3].[BiH3].[N-3].[N-3].[N-3].[N-3].[Ti+4].[Ti+4].[Ti+4]. The summed E-state index contributed by atoms with van der Waals surface area (Å²) < 4.78 is 0. The van der Waals surface area contributed by atoms with Gasteiger partial charge in [0.2, 0.25) is 0 Å². The fraction of sp³-hybridized carbons (Fsp3) is 0. The van der Waals surface area contributed by atoms with Crippen LogP contribution in [0.25, 0.3) is 24.6 Å². The summed E-state index contributed by atoms with van der Waals surface area (Å²) in [7, 11) is 0. The Labute approximate surface area is 165 Å². The van der Waals surface area contributed by atoms with Gasteiger partial charge in [0.25, 0.3) is 0 Å². The summed E-state index contributed by atoms with van der Waals surface area (Å²) in [5.41, 5.74) is 0. The zero-order valence-corrected chi connectivity index (χ0v) is 26.6. The Bertz CT molecular complexity index is 15.7. The summed E-state index contributed by atoms with van der Waals surface area (Å²) in [4.78, 5) is 0. The number of hydrogen-bond donors (Lipinski definition) is 0. The van der Waals surface area contributed by atoms with Crippen molar-refractivity contribution in [2.24, 2.45) is 0 Å². The molecule has 0 spiro atoms. The zero-order valence-electron chi connectivity index (χ0n) is 5.41. The Hall–Kier alpha value is 4.63. The molecule has 0 fully saturated rings. The molecule has 0 heterocycles. The van der Waals surface area contributed by atoms with Gasteiger partial charge in [-0.1, -0.05) is 0 Å². The third-order valence-corrected chi connectivity index (χ3v) is 0. The molecule has 4 nitrogen and oxygen atoms in total. The largest absolute Gasteiger partial charge is 4.00 e. The van der Waals surface area contributed by atoms with E-state index in [-0.39, 0.29) is 168 Å². The van der Waals surface area contributed by atoms with Gasteiger partial charge in [-0.25, -0.2) is 0 Å². The molecule has 10 heavy (non-hydrogen) atoms. The van der Waals surface area contributed by atoms with Crippen LogP contribution >= 0.6 is 0 Å². The maximum absolute atomic E-state index is 0. The third kappa shape index (κ3) is 79.7. The van der Waals surface area contributed by atoms with Crippen LogP contribution in [0, 0.1) is 0 Å². The minimum atomic E-state index is 0. The summed E-state index contributed by atoms with van der Waals surface area (Å²) in [6.07, 6.45) is 0. The Morgan fingerprint density at radius 2 is 0.300 bits per heavy atom. The molecule has 0 rings (SSSR count). The maximum atomic E-state index is 0. The van der Waals surface area contributed by atoms with Crippen LogP contribution in [0.15, 0.2) is 0 Å². The van der Waals surface area contributed by atoms with E-state index in [0.29, 0.717) is 0 Å². The molecule has 56 valence electrons. The summed E-state index contributed by atoms with van der Waals surface area (Å²) in [5.74, 6) is 0. The van der Waals surface area contributed by atoms with Gasteiger partial charge in [-0.2, -0.15) is 0 Å². The monoisotopic (exact) mass is 836 g/mol. The van der Waals surface area contributed by atoms with Crippen molar-refractivity contribution in [3.63, 3.8) is 0 Å². The molecule has 0 radical (unpaired) electrons. The molecule has 0 aromatic carbocycles. The zero-order chi connectivity index (χ0) is 0. The summed E-state index contributed by atoms with van der Waals surface area (Å²) in [6.45, 7) is 0. The van der Waals surface area contributed by atoms with Crippen molar-refractivity contribution in [3.8, 4) is 0 Å². The van der Waals surface area contributed by atoms with Crippen molar-refractivity contribution in [2.45, 2.75) is 0 Å². The van der Waals surface area contributed by atoms with Crippen molar-refractivity contribution >= 4 is 78.6 Å². The number of nitrogens with zero attached hydrogens (tertiary/aromatic N) is 4. The smallest absolute Gasteiger partial charge is 3.00 e. The van der Waals surface area contributed by atoms with E-state index >= 15 is 0 Å². The van der Waals surface area contributed by atoms with Crippen molar-refractivity contribution in [3.05, 3.63) is 24.6 Å². The van der Waals surface area contributed by atoms with Gasteiger partial charge in [-0.05, 0) is 0 Å². The average Bonchev–Trinajstić information content (AvgIpc) is 0. The minimum absolute atomic E-state index is 0. The normalized spacial score (nSPS) is 0. The summed E-state index contributed by atoms with van der Waals surface area (Å²) >= 11 is 0. The van der Waals surface area contributed by atoms with Gasteiger partial charge < -0.3 is 24.6 Å². The first-order valence-corrected chi connectivity index (χ1v) is 0. The molecule has 0 N–H and O–H groups in total. The predicted octanol–water partition coefficient (Wildman–Crippen LogP) is -2.40. The van der Waals surface area contributed by atoms with E-state index in [2.05, 4.69) is 0 Å². The van der Waals surface area contributed by atoms with Crippen LogP contribution < -0.4 is 0 Å². The third-order valence-electron chi connectivity index (χ3n) is 0. The molecular formula is H9Bi3N4Ti3. The predicted molar refractivity (Wildman–Crippen MR) is 43.3 cm³/mol. The minimum Gasteiger partial charge on any atom is -3.00 e. The van der Waals surface area contributed by atoms with Crippen LogP contribution in [0.2, 0.25) is 0 Å². The first kappa shape index (κ1) is 127. The van der Waals surface area contributed by atoms with Gasteiger partial charge in [0, 0.05) is 0 Å². The van der Waals surface area contributed by atoms with Gasteiger partial charge in [-0.3, -0.25) is 0 Å². The van der Waals surface area contributed by atoms with Crippen molar-refractivity contribution < 1.29 is 65.2 Å². The van der Waals surface area contributed by atoms with Gasteiger partial charge in [-0.15, -0.1) is 0 Å². The van der Waals surface area contributed by atoms with E-state index in [1.807, 2.05) is 0 Å². The molecule has 0 aliphatic carbocycles. The van der Waals surface area contributed by atoms with Crippen LogP contribution in [0.5, 0.6) is 0 Å². The molecule has 0 saturated heterocycles. The maximum Gasteiger partial charge on any atom is 4.00 e. The second-order valence-electron chi connectivity index (χ2n) is 0. The number of rotatable bonds is 0. The van der Waals surface area contributed by atoms with Crippen molar-refractivity contribution in [1.82, 2.24) is 0 Å².